The van der Waals surface area contributed by atoms with E-state index in [0.717, 1.165) is 50.5 Å². The molecule has 1 saturated heterocycles. The third-order valence-electron chi connectivity index (χ3n) is 10.7. The molecule has 0 amide bonds. The molecule has 168 valence electrons. The lowest BCUT2D eigenvalue weighted by Gasteiger charge is -2.61. The topological polar surface area (TPSA) is 80.0 Å². The van der Waals surface area contributed by atoms with Crippen LogP contribution in [0.1, 0.15) is 77.2 Å². The van der Waals surface area contributed by atoms with Crippen LogP contribution < -0.4 is 5.63 Å². The van der Waals surface area contributed by atoms with E-state index < -0.39 is 0 Å². The van der Waals surface area contributed by atoms with Crippen LogP contribution in [0.25, 0.3) is 0 Å². The predicted molar refractivity (Wildman–Crippen MR) is 115 cm³/mol. The Labute approximate surface area is 183 Å². The van der Waals surface area contributed by atoms with Crippen LogP contribution in [0.3, 0.4) is 0 Å². The molecular formula is C26H34O5. The maximum absolute atomic E-state index is 12.9. The van der Waals surface area contributed by atoms with Crippen molar-refractivity contribution in [2.45, 2.75) is 89.4 Å². The van der Waals surface area contributed by atoms with Gasteiger partial charge in [-0.1, -0.05) is 13.8 Å². The minimum atomic E-state index is -0.350. The Kier molecular flexibility index (Phi) is 4.11. The molecule has 10 atom stereocenters. The van der Waals surface area contributed by atoms with Crippen LogP contribution in [0.15, 0.2) is 27.6 Å². The number of aliphatic hydroxyl groups excluding tert-OH is 1. The van der Waals surface area contributed by atoms with Gasteiger partial charge in [0.25, 0.3) is 0 Å². The molecule has 1 spiro atoms. The maximum atomic E-state index is 12.9. The minimum Gasteiger partial charge on any atom is -0.431 e. The average Bonchev–Trinajstić information content (AvgIpc) is 3.41. The van der Waals surface area contributed by atoms with Gasteiger partial charge in [0, 0.05) is 17.4 Å². The van der Waals surface area contributed by atoms with Gasteiger partial charge in [-0.3, -0.25) is 4.79 Å². The maximum Gasteiger partial charge on any atom is 0.335 e. The number of fused-ring (bicyclic) bond motifs is 3. The molecule has 0 unspecified atom stereocenters. The lowest BCUT2D eigenvalue weighted by molar-refractivity contribution is -0.143. The number of epoxide rings is 1. The first-order valence-corrected chi connectivity index (χ1v) is 12.2. The predicted octanol–water partition coefficient (Wildman–Crippen LogP) is 4.07. The SMILES string of the molecule is CC(=O)[C@H]1[C@H]2O[C@]23[C@H]2CC[C@@H]4C[C@@H](O)CC[C@]4(C)[C@H]2CC[C@]3(C)[C@H]1c1ccc(=O)oc1. The number of hydrogen-bond acceptors (Lipinski definition) is 5. The van der Waals surface area contributed by atoms with Gasteiger partial charge in [0.15, 0.2) is 0 Å². The summed E-state index contributed by atoms with van der Waals surface area (Å²) in [5.41, 5.74) is 0.509. The largest absolute Gasteiger partial charge is 0.431 e. The molecule has 0 bridgehead atoms. The fraction of sp³-hybridized carbons (Fsp3) is 0.769. The van der Waals surface area contributed by atoms with Crippen LogP contribution in [0, 0.1) is 34.5 Å². The lowest BCUT2D eigenvalue weighted by Crippen LogP contribution is -2.58. The summed E-state index contributed by atoms with van der Waals surface area (Å²) in [7, 11) is 0. The molecule has 1 aromatic heterocycles. The quantitative estimate of drug-likeness (QED) is 0.721. The van der Waals surface area contributed by atoms with E-state index in [4.69, 9.17) is 9.15 Å². The van der Waals surface area contributed by atoms with E-state index in [0.29, 0.717) is 17.8 Å². The Hall–Kier alpha value is -1.46. The van der Waals surface area contributed by atoms with Crippen LogP contribution in [-0.2, 0) is 9.53 Å². The number of ketones is 1. The standard InChI is InChI=1S/C26H34O5/c1-14(27)21-22(15-4-7-20(29)30-13-15)25(3)11-9-18-19(26(25)23(21)31-26)6-5-16-12-17(28)8-10-24(16,18)2/h4,7,13,16-19,21-23,28H,5-6,8-12H2,1-3H3/t16-,17+,18+,19+,21-,22+,23-,24+,25-,26-/m1/s1. The van der Waals surface area contributed by atoms with Gasteiger partial charge in [-0.2, -0.15) is 0 Å². The molecule has 5 nitrogen and oxygen atoms in total. The minimum absolute atomic E-state index is 0.0194. The first kappa shape index (κ1) is 20.2. The third-order valence-corrected chi connectivity index (χ3v) is 10.7. The van der Waals surface area contributed by atoms with E-state index in [9.17, 15) is 14.7 Å². The van der Waals surface area contributed by atoms with Gasteiger partial charge in [0.2, 0.25) is 0 Å². The third kappa shape index (κ3) is 2.40. The molecule has 31 heavy (non-hydrogen) atoms. The number of carbonyl (C=O) groups excluding carboxylic acids is 1. The number of aliphatic hydroxyl groups is 1. The monoisotopic (exact) mass is 426 g/mol. The van der Waals surface area contributed by atoms with Gasteiger partial charge in [-0.25, -0.2) is 4.79 Å². The molecule has 1 N–H and O–H groups in total. The van der Waals surface area contributed by atoms with Crippen molar-refractivity contribution in [3.8, 4) is 0 Å². The highest BCUT2D eigenvalue weighted by Gasteiger charge is 2.84. The van der Waals surface area contributed by atoms with E-state index >= 15 is 0 Å². The summed E-state index contributed by atoms with van der Waals surface area (Å²) >= 11 is 0. The molecular weight excluding hydrogens is 392 g/mol. The number of rotatable bonds is 2. The van der Waals surface area contributed by atoms with E-state index in [1.54, 1.807) is 13.2 Å². The highest BCUT2D eigenvalue weighted by molar-refractivity contribution is 5.82. The lowest BCUT2D eigenvalue weighted by atomic mass is 9.44. The molecule has 1 aromatic rings. The second-order valence-electron chi connectivity index (χ2n) is 11.7. The van der Waals surface area contributed by atoms with Crippen molar-refractivity contribution in [3.05, 3.63) is 34.4 Å². The normalized spacial score (nSPS) is 52.5. The zero-order chi connectivity index (χ0) is 21.8. The van der Waals surface area contributed by atoms with E-state index in [-0.39, 0.29) is 51.9 Å². The molecule has 5 heteroatoms. The fourth-order valence-electron chi connectivity index (χ4n) is 9.31. The molecule has 5 fully saturated rings. The first-order chi connectivity index (χ1) is 14.7. The zero-order valence-electron chi connectivity index (χ0n) is 18.8. The second-order valence-corrected chi connectivity index (χ2v) is 11.7. The summed E-state index contributed by atoms with van der Waals surface area (Å²) < 4.78 is 11.9. The average molecular weight is 427 g/mol. The summed E-state index contributed by atoms with van der Waals surface area (Å²) in [5, 5.41) is 10.3. The Morgan fingerprint density at radius 2 is 1.90 bits per heavy atom. The van der Waals surface area contributed by atoms with Gasteiger partial charge in [-0.05, 0) is 86.7 Å². The molecule has 2 heterocycles. The Bertz CT molecular complexity index is 964. The number of hydrogen-bond donors (Lipinski definition) is 1. The van der Waals surface area contributed by atoms with E-state index in [2.05, 4.69) is 13.8 Å². The van der Waals surface area contributed by atoms with Gasteiger partial charge < -0.3 is 14.3 Å². The fourth-order valence-corrected chi connectivity index (χ4v) is 9.31. The highest BCUT2D eigenvalue weighted by atomic mass is 16.6. The van der Waals surface area contributed by atoms with Gasteiger partial charge in [0.05, 0.1) is 24.4 Å². The van der Waals surface area contributed by atoms with Gasteiger partial charge in [0.1, 0.15) is 11.4 Å². The number of carbonyl (C=O) groups is 1. The van der Waals surface area contributed by atoms with E-state index in [1.165, 1.54) is 6.07 Å². The summed E-state index contributed by atoms with van der Waals surface area (Å²) in [6.45, 7) is 6.50. The van der Waals surface area contributed by atoms with Gasteiger partial charge >= 0.3 is 5.63 Å². The first-order valence-electron chi connectivity index (χ1n) is 12.2. The van der Waals surface area contributed by atoms with Crippen molar-refractivity contribution < 1.29 is 19.1 Å². The van der Waals surface area contributed by atoms with Crippen molar-refractivity contribution in [1.29, 1.82) is 0 Å². The van der Waals surface area contributed by atoms with Crippen LogP contribution >= 0.6 is 0 Å². The van der Waals surface area contributed by atoms with Crippen molar-refractivity contribution in [2.24, 2.45) is 34.5 Å². The molecule has 4 saturated carbocycles. The van der Waals surface area contributed by atoms with Gasteiger partial charge in [-0.15, -0.1) is 0 Å². The molecule has 6 rings (SSSR count). The zero-order valence-corrected chi connectivity index (χ0v) is 18.8. The molecule has 0 aromatic carbocycles. The second kappa shape index (κ2) is 6.32. The summed E-state index contributed by atoms with van der Waals surface area (Å²) in [5.74, 6) is 1.71. The van der Waals surface area contributed by atoms with E-state index in [1.807, 2.05) is 6.07 Å². The molecule has 0 radical (unpaired) electrons. The highest BCUT2D eigenvalue weighted by Crippen LogP contribution is 2.79. The Morgan fingerprint density at radius 1 is 1.10 bits per heavy atom. The molecule has 4 aliphatic carbocycles. The van der Waals surface area contributed by atoms with Crippen LogP contribution in [0.5, 0.6) is 0 Å². The van der Waals surface area contributed by atoms with Crippen LogP contribution in [0.2, 0.25) is 0 Å². The van der Waals surface area contributed by atoms with Crippen LogP contribution in [-0.4, -0.2) is 28.7 Å². The van der Waals surface area contributed by atoms with Crippen molar-refractivity contribution >= 4 is 5.78 Å². The number of ether oxygens (including phenoxy) is 1. The molecule has 1 aliphatic heterocycles. The van der Waals surface area contributed by atoms with Crippen molar-refractivity contribution in [1.82, 2.24) is 0 Å². The Morgan fingerprint density at radius 3 is 2.61 bits per heavy atom. The Balaban J connectivity index is 1.42. The summed E-state index contributed by atoms with van der Waals surface area (Å²) in [6, 6.07) is 3.35. The number of Topliss-reactive ketones (excluding diaryl/α,β-unsaturated/α-hetero) is 1. The van der Waals surface area contributed by atoms with Crippen LogP contribution in [0.4, 0.5) is 0 Å². The van der Waals surface area contributed by atoms with Crippen molar-refractivity contribution in [3.63, 3.8) is 0 Å². The molecule has 5 aliphatic rings. The smallest absolute Gasteiger partial charge is 0.335 e. The van der Waals surface area contributed by atoms with Crippen molar-refractivity contribution in [2.75, 3.05) is 0 Å². The summed E-state index contributed by atoms with van der Waals surface area (Å²) in [6.07, 6.45) is 8.83. The summed E-state index contributed by atoms with van der Waals surface area (Å²) in [4.78, 5) is 24.5.